The Hall–Kier alpha value is -1.07. The molecule has 0 aliphatic carbocycles. The molecule has 1 heterocycles. The van der Waals surface area contributed by atoms with Crippen molar-refractivity contribution in [3.63, 3.8) is 0 Å². The number of nitrogens with one attached hydrogen (secondary N) is 1. The molecule has 0 saturated carbocycles. The molecule has 0 bridgehead atoms. The van der Waals surface area contributed by atoms with Gasteiger partial charge in [-0.1, -0.05) is 15.9 Å². The summed E-state index contributed by atoms with van der Waals surface area (Å²) in [5.41, 5.74) is 0.355. The highest BCUT2D eigenvalue weighted by molar-refractivity contribution is 9.10. The van der Waals surface area contributed by atoms with E-state index in [1.165, 1.54) is 6.07 Å². The zero-order valence-electron chi connectivity index (χ0n) is 9.61. The Bertz CT molecular complexity index is 437. The average molecular weight is 299 g/mol. The zero-order chi connectivity index (χ0) is 12.4. The van der Waals surface area contributed by atoms with Crippen LogP contribution in [-0.2, 0) is 0 Å². The molecule has 1 unspecified atom stereocenters. The van der Waals surface area contributed by atoms with Crippen LogP contribution in [-0.4, -0.2) is 41.6 Å². The first-order valence-electron chi connectivity index (χ1n) is 5.60. The lowest BCUT2D eigenvalue weighted by molar-refractivity contribution is 0.0652. The van der Waals surface area contributed by atoms with Crippen molar-refractivity contribution >= 4 is 21.8 Å². The summed E-state index contributed by atoms with van der Waals surface area (Å²) in [4.78, 5) is 14.1. The molecule has 1 saturated heterocycles. The predicted octanol–water partition coefficient (Wildman–Crippen LogP) is 1.59. The van der Waals surface area contributed by atoms with Crippen LogP contribution in [0.2, 0.25) is 0 Å². The molecule has 1 aliphatic heterocycles. The lowest BCUT2D eigenvalue weighted by atomic mass is 10.1. The van der Waals surface area contributed by atoms with Crippen molar-refractivity contribution in [1.29, 1.82) is 0 Å². The number of benzene rings is 1. The van der Waals surface area contributed by atoms with Crippen LogP contribution < -0.4 is 5.32 Å². The van der Waals surface area contributed by atoms with E-state index in [0.29, 0.717) is 12.1 Å². The fraction of sp³-hybridized carbons (Fsp3) is 0.417. The largest absolute Gasteiger partial charge is 0.507 e. The molecule has 1 fully saturated rings. The van der Waals surface area contributed by atoms with Crippen molar-refractivity contribution in [2.24, 2.45) is 0 Å². The van der Waals surface area contributed by atoms with Gasteiger partial charge in [0.2, 0.25) is 0 Å². The maximum absolute atomic E-state index is 12.3. The van der Waals surface area contributed by atoms with Gasteiger partial charge in [0.1, 0.15) is 5.75 Å². The summed E-state index contributed by atoms with van der Waals surface area (Å²) in [6.07, 6.45) is 0. The minimum atomic E-state index is -0.113. The Morgan fingerprint density at radius 1 is 1.59 bits per heavy atom. The third kappa shape index (κ3) is 2.61. The lowest BCUT2D eigenvalue weighted by Gasteiger charge is -2.34. The number of carbonyl (C=O) groups excluding carboxylic acids is 1. The number of halogens is 1. The van der Waals surface area contributed by atoms with E-state index < -0.39 is 0 Å². The van der Waals surface area contributed by atoms with Gasteiger partial charge in [-0.25, -0.2) is 0 Å². The predicted molar refractivity (Wildman–Crippen MR) is 69.2 cm³/mol. The SMILES string of the molecule is CC1CNCCN1C(=O)c1cc(Br)ccc1O. The molecule has 0 aromatic heterocycles. The van der Waals surface area contributed by atoms with Gasteiger partial charge in [0, 0.05) is 30.1 Å². The molecular weight excluding hydrogens is 284 g/mol. The first-order valence-corrected chi connectivity index (χ1v) is 6.39. The molecule has 5 heteroatoms. The second kappa shape index (κ2) is 5.06. The normalized spacial score (nSPS) is 20.4. The Morgan fingerprint density at radius 2 is 2.35 bits per heavy atom. The van der Waals surface area contributed by atoms with Crippen LogP contribution in [0.25, 0.3) is 0 Å². The summed E-state index contributed by atoms with van der Waals surface area (Å²) in [5, 5.41) is 13.0. The number of hydrogen-bond donors (Lipinski definition) is 2. The van der Waals surface area contributed by atoms with Crippen LogP contribution in [0.5, 0.6) is 5.75 Å². The number of hydrogen-bond acceptors (Lipinski definition) is 3. The number of piperazine rings is 1. The second-order valence-electron chi connectivity index (χ2n) is 4.21. The molecule has 2 rings (SSSR count). The van der Waals surface area contributed by atoms with E-state index >= 15 is 0 Å². The third-order valence-electron chi connectivity index (χ3n) is 2.95. The number of amides is 1. The fourth-order valence-electron chi connectivity index (χ4n) is 1.98. The summed E-state index contributed by atoms with van der Waals surface area (Å²) in [6, 6.07) is 5.05. The maximum atomic E-state index is 12.3. The van der Waals surface area contributed by atoms with Crippen LogP contribution in [0, 0.1) is 0 Å². The molecule has 1 aromatic carbocycles. The molecular formula is C12H15BrN2O2. The lowest BCUT2D eigenvalue weighted by Crippen LogP contribution is -2.52. The summed E-state index contributed by atoms with van der Waals surface area (Å²) >= 11 is 3.31. The number of phenolic OH excluding ortho intramolecular Hbond substituents is 1. The van der Waals surface area contributed by atoms with E-state index in [-0.39, 0.29) is 17.7 Å². The first kappa shape index (κ1) is 12.4. The van der Waals surface area contributed by atoms with Crippen molar-refractivity contribution in [1.82, 2.24) is 10.2 Å². The monoisotopic (exact) mass is 298 g/mol. The summed E-state index contributed by atoms with van der Waals surface area (Å²) < 4.78 is 0.793. The van der Waals surface area contributed by atoms with E-state index in [2.05, 4.69) is 21.2 Å². The molecule has 17 heavy (non-hydrogen) atoms. The third-order valence-corrected chi connectivity index (χ3v) is 3.44. The highest BCUT2D eigenvalue weighted by Crippen LogP contribution is 2.24. The summed E-state index contributed by atoms with van der Waals surface area (Å²) in [5.74, 6) is -0.0817. The van der Waals surface area contributed by atoms with Gasteiger partial charge in [0.15, 0.2) is 0 Å². The molecule has 2 N–H and O–H groups in total. The quantitative estimate of drug-likeness (QED) is 0.828. The van der Waals surface area contributed by atoms with Gasteiger partial charge >= 0.3 is 0 Å². The van der Waals surface area contributed by atoms with Gasteiger partial charge in [-0.15, -0.1) is 0 Å². The van der Waals surface area contributed by atoms with Gasteiger partial charge in [-0.05, 0) is 25.1 Å². The minimum absolute atomic E-state index is 0.0314. The molecule has 1 atom stereocenters. The Kier molecular flexibility index (Phi) is 3.69. The van der Waals surface area contributed by atoms with Gasteiger partial charge in [0.05, 0.1) is 5.56 Å². The van der Waals surface area contributed by atoms with E-state index in [0.717, 1.165) is 17.6 Å². The number of aromatic hydroxyl groups is 1. The Balaban J connectivity index is 2.26. The average Bonchev–Trinajstić information content (AvgIpc) is 2.32. The van der Waals surface area contributed by atoms with Crippen LogP contribution in [0.3, 0.4) is 0 Å². The van der Waals surface area contributed by atoms with Crippen LogP contribution in [0.15, 0.2) is 22.7 Å². The maximum Gasteiger partial charge on any atom is 0.257 e. The second-order valence-corrected chi connectivity index (χ2v) is 5.13. The summed E-state index contributed by atoms with van der Waals surface area (Å²) in [7, 11) is 0. The molecule has 0 spiro atoms. The highest BCUT2D eigenvalue weighted by Gasteiger charge is 2.25. The van der Waals surface area contributed by atoms with Gasteiger partial charge < -0.3 is 15.3 Å². The Morgan fingerprint density at radius 3 is 3.06 bits per heavy atom. The van der Waals surface area contributed by atoms with Gasteiger partial charge in [-0.2, -0.15) is 0 Å². The van der Waals surface area contributed by atoms with Crippen molar-refractivity contribution in [3.8, 4) is 5.75 Å². The van der Waals surface area contributed by atoms with Crippen LogP contribution in [0.1, 0.15) is 17.3 Å². The first-order chi connectivity index (χ1) is 8.09. The van der Waals surface area contributed by atoms with Crippen molar-refractivity contribution in [3.05, 3.63) is 28.2 Å². The molecule has 92 valence electrons. The van der Waals surface area contributed by atoms with Crippen molar-refractivity contribution in [2.75, 3.05) is 19.6 Å². The topological polar surface area (TPSA) is 52.6 Å². The van der Waals surface area contributed by atoms with Crippen molar-refractivity contribution in [2.45, 2.75) is 13.0 Å². The highest BCUT2D eigenvalue weighted by atomic mass is 79.9. The molecule has 0 radical (unpaired) electrons. The van der Waals surface area contributed by atoms with E-state index in [9.17, 15) is 9.90 Å². The number of nitrogens with zero attached hydrogens (tertiary/aromatic N) is 1. The molecule has 4 nitrogen and oxygen atoms in total. The van der Waals surface area contributed by atoms with Gasteiger partial charge in [0.25, 0.3) is 5.91 Å². The number of phenols is 1. The van der Waals surface area contributed by atoms with E-state index in [4.69, 9.17) is 0 Å². The number of carbonyl (C=O) groups is 1. The Labute approximate surface area is 109 Å². The minimum Gasteiger partial charge on any atom is -0.507 e. The zero-order valence-corrected chi connectivity index (χ0v) is 11.2. The molecule has 1 amide bonds. The molecule has 1 aromatic rings. The summed E-state index contributed by atoms with van der Waals surface area (Å²) in [6.45, 7) is 4.26. The standard InChI is InChI=1S/C12H15BrN2O2/c1-8-7-14-4-5-15(8)12(17)10-6-9(13)2-3-11(10)16/h2-3,6,8,14,16H,4-5,7H2,1H3. The number of rotatable bonds is 1. The van der Waals surface area contributed by atoms with Gasteiger partial charge in [-0.3, -0.25) is 4.79 Å². The van der Waals surface area contributed by atoms with E-state index in [1.807, 2.05) is 6.92 Å². The fourth-order valence-corrected chi connectivity index (χ4v) is 2.34. The molecule has 1 aliphatic rings. The van der Waals surface area contributed by atoms with Crippen LogP contribution in [0.4, 0.5) is 0 Å². The van der Waals surface area contributed by atoms with Crippen LogP contribution >= 0.6 is 15.9 Å². The smallest absolute Gasteiger partial charge is 0.257 e. The van der Waals surface area contributed by atoms with E-state index in [1.54, 1.807) is 17.0 Å². The van der Waals surface area contributed by atoms with Crippen molar-refractivity contribution < 1.29 is 9.90 Å².